The Kier molecular flexibility index (Phi) is 1.56. The van der Waals surface area contributed by atoms with E-state index in [-0.39, 0.29) is 0 Å². The van der Waals surface area contributed by atoms with Gasteiger partial charge in [0.2, 0.25) is 0 Å². The molecule has 0 atom stereocenters. The normalized spacial score (nSPS) is 9.56. The van der Waals surface area contributed by atoms with Gasteiger partial charge in [-0.05, 0) is 31.1 Å². The zero-order chi connectivity index (χ0) is 6.85. The SMILES string of the molecule is [B]c1nc(C)ccc1C. The van der Waals surface area contributed by atoms with Crippen LogP contribution in [-0.2, 0) is 0 Å². The van der Waals surface area contributed by atoms with Gasteiger partial charge >= 0.3 is 0 Å². The highest BCUT2D eigenvalue weighted by molar-refractivity contribution is 6.31. The van der Waals surface area contributed by atoms with Crippen LogP contribution in [0.5, 0.6) is 0 Å². The number of nitrogens with zero attached hydrogens (tertiary/aromatic N) is 1. The summed E-state index contributed by atoms with van der Waals surface area (Å²) in [4.78, 5) is 4.05. The summed E-state index contributed by atoms with van der Waals surface area (Å²) < 4.78 is 0. The minimum atomic E-state index is 0.634. The van der Waals surface area contributed by atoms with Crippen LogP contribution >= 0.6 is 0 Å². The minimum absolute atomic E-state index is 0.634. The first-order valence-corrected chi connectivity index (χ1v) is 2.90. The van der Waals surface area contributed by atoms with E-state index in [4.69, 9.17) is 7.85 Å². The molecule has 0 saturated carbocycles. The van der Waals surface area contributed by atoms with Gasteiger partial charge in [-0.2, -0.15) is 0 Å². The molecule has 0 saturated heterocycles. The molecule has 1 aromatic rings. The molecule has 0 bridgehead atoms. The second-order valence-electron chi connectivity index (χ2n) is 2.15. The molecular formula is C7H8BN. The maximum Gasteiger partial charge on any atom is 0.142 e. The highest BCUT2D eigenvalue weighted by Crippen LogP contribution is 1.91. The summed E-state index contributed by atoms with van der Waals surface area (Å²) in [5, 5.41) is 0. The molecule has 0 aliphatic rings. The van der Waals surface area contributed by atoms with Crippen LogP contribution in [0.3, 0.4) is 0 Å². The predicted octanol–water partition coefficient (Wildman–Crippen LogP) is 0.492. The summed E-state index contributed by atoms with van der Waals surface area (Å²) in [6.45, 7) is 3.87. The van der Waals surface area contributed by atoms with E-state index in [2.05, 4.69) is 4.98 Å². The van der Waals surface area contributed by atoms with Crippen LogP contribution in [0.25, 0.3) is 0 Å². The lowest BCUT2D eigenvalue weighted by Crippen LogP contribution is -2.12. The third kappa shape index (κ3) is 1.32. The standard InChI is InChI=1S/C7H8BN/c1-5-3-4-6(2)9-7(5)8/h3-4H,1-2H3. The topological polar surface area (TPSA) is 12.9 Å². The Hall–Kier alpha value is -0.785. The molecule has 9 heavy (non-hydrogen) atoms. The van der Waals surface area contributed by atoms with E-state index in [0.717, 1.165) is 11.3 Å². The molecular weight excluding hydrogens is 109 g/mol. The molecule has 2 heteroatoms. The lowest BCUT2D eigenvalue weighted by Gasteiger charge is -1.98. The average molecular weight is 117 g/mol. The van der Waals surface area contributed by atoms with Crippen LogP contribution in [-0.4, -0.2) is 12.8 Å². The largest absolute Gasteiger partial charge is 0.269 e. The maximum absolute atomic E-state index is 5.51. The van der Waals surface area contributed by atoms with Crippen LogP contribution < -0.4 is 5.59 Å². The Labute approximate surface area is 56.5 Å². The Morgan fingerprint density at radius 2 is 2.00 bits per heavy atom. The number of aryl methyl sites for hydroxylation is 2. The van der Waals surface area contributed by atoms with Gasteiger partial charge in [0.15, 0.2) is 0 Å². The molecule has 0 fully saturated rings. The van der Waals surface area contributed by atoms with Crippen LogP contribution in [0.2, 0.25) is 0 Å². The molecule has 0 aliphatic heterocycles. The number of pyridine rings is 1. The van der Waals surface area contributed by atoms with Crippen molar-refractivity contribution in [1.29, 1.82) is 0 Å². The summed E-state index contributed by atoms with van der Waals surface area (Å²) in [5.41, 5.74) is 2.65. The lowest BCUT2D eigenvalue weighted by atomic mass is 9.98. The highest BCUT2D eigenvalue weighted by Gasteiger charge is 1.90. The molecule has 44 valence electrons. The van der Waals surface area contributed by atoms with Crippen LogP contribution in [0.4, 0.5) is 0 Å². The van der Waals surface area contributed by atoms with Gasteiger partial charge in [-0.15, -0.1) is 0 Å². The predicted molar refractivity (Wildman–Crippen MR) is 39.1 cm³/mol. The fourth-order valence-corrected chi connectivity index (χ4v) is 0.646. The second kappa shape index (κ2) is 2.22. The van der Waals surface area contributed by atoms with Crippen molar-refractivity contribution in [2.45, 2.75) is 13.8 Å². The van der Waals surface area contributed by atoms with Crippen molar-refractivity contribution in [2.75, 3.05) is 0 Å². The second-order valence-corrected chi connectivity index (χ2v) is 2.15. The molecule has 2 radical (unpaired) electrons. The van der Waals surface area contributed by atoms with Crippen molar-refractivity contribution in [3.05, 3.63) is 23.4 Å². The summed E-state index contributed by atoms with van der Waals surface area (Å²) >= 11 is 0. The lowest BCUT2D eigenvalue weighted by molar-refractivity contribution is 1.21. The Morgan fingerprint density at radius 3 is 2.44 bits per heavy atom. The molecule has 0 spiro atoms. The average Bonchev–Trinajstić information content (AvgIpc) is 1.80. The van der Waals surface area contributed by atoms with Gasteiger partial charge < -0.3 is 0 Å². The van der Waals surface area contributed by atoms with Crippen molar-refractivity contribution in [3.63, 3.8) is 0 Å². The van der Waals surface area contributed by atoms with Crippen molar-refractivity contribution in [3.8, 4) is 0 Å². The summed E-state index contributed by atoms with van der Waals surface area (Å²) in [7, 11) is 5.51. The van der Waals surface area contributed by atoms with Crippen molar-refractivity contribution >= 4 is 13.4 Å². The van der Waals surface area contributed by atoms with E-state index in [1.165, 1.54) is 0 Å². The van der Waals surface area contributed by atoms with E-state index < -0.39 is 0 Å². The van der Waals surface area contributed by atoms with Gasteiger partial charge in [0, 0.05) is 5.69 Å². The Morgan fingerprint density at radius 1 is 1.33 bits per heavy atom. The molecule has 1 rings (SSSR count). The first-order valence-electron chi connectivity index (χ1n) is 2.90. The number of aromatic nitrogens is 1. The van der Waals surface area contributed by atoms with E-state index in [9.17, 15) is 0 Å². The van der Waals surface area contributed by atoms with Crippen LogP contribution in [0.15, 0.2) is 12.1 Å². The molecule has 0 N–H and O–H groups in total. The molecule has 0 unspecified atom stereocenters. The van der Waals surface area contributed by atoms with Crippen molar-refractivity contribution in [2.24, 2.45) is 0 Å². The zero-order valence-electron chi connectivity index (χ0n) is 5.68. The monoisotopic (exact) mass is 117 g/mol. The number of hydrogen-bond donors (Lipinski definition) is 0. The first kappa shape index (κ1) is 6.34. The fourth-order valence-electron chi connectivity index (χ4n) is 0.646. The smallest absolute Gasteiger partial charge is 0.142 e. The fraction of sp³-hybridized carbons (Fsp3) is 0.286. The van der Waals surface area contributed by atoms with Gasteiger partial charge in [-0.25, -0.2) is 0 Å². The molecule has 0 amide bonds. The number of hydrogen-bond acceptors (Lipinski definition) is 1. The van der Waals surface area contributed by atoms with Crippen molar-refractivity contribution < 1.29 is 0 Å². The minimum Gasteiger partial charge on any atom is -0.269 e. The van der Waals surface area contributed by atoms with Gasteiger partial charge in [0.25, 0.3) is 0 Å². The quantitative estimate of drug-likeness (QED) is 0.450. The summed E-state index contributed by atoms with van der Waals surface area (Å²) in [5.74, 6) is 0. The third-order valence-corrected chi connectivity index (χ3v) is 1.28. The van der Waals surface area contributed by atoms with Crippen LogP contribution in [0, 0.1) is 13.8 Å². The number of rotatable bonds is 0. The van der Waals surface area contributed by atoms with Crippen LogP contribution in [0.1, 0.15) is 11.3 Å². The van der Waals surface area contributed by atoms with E-state index in [1.807, 2.05) is 26.0 Å². The summed E-state index contributed by atoms with van der Waals surface area (Å²) in [6, 6.07) is 3.92. The van der Waals surface area contributed by atoms with Gasteiger partial charge in [-0.3, -0.25) is 4.98 Å². The third-order valence-electron chi connectivity index (χ3n) is 1.28. The maximum atomic E-state index is 5.51. The van der Waals surface area contributed by atoms with E-state index in [1.54, 1.807) is 0 Å². The summed E-state index contributed by atoms with van der Waals surface area (Å²) in [6.07, 6.45) is 0. The molecule has 1 heterocycles. The Balaban J connectivity index is 3.17. The highest BCUT2D eigenvalue weighted by atomic mass is 14.7. The zero-order valence-corrected chi connectivity index (χ0v) is 5.68. The van der Waals surface area contributed by atoms with Gasteiger partial charge in [0.05, 0.1) is 0 Å². The molecule has 0 aromatic carbocycles. The first-order chi connectivity index (χ1) is 4.20. The Bertz CT molecular complexity index is 220. The van der Waals surface area contributed by atoms with E-state index in [0.29, 0.717) is 5.59 Å². The van der Waals surface area contributed by atoms with Gasteiger partial charge in [0.1, 0.15) is 7.85 Å². The van der Waals surface area contributed by atoms with Gasteiger partial charge in [-0.1, -0.05) is 6.07 Å². The van der Waals surface area contributed by atoms with E-state index >= 15 is 0 Å². The molecule has 1 nitrogen and oxygen atoms in total. The van der Waals surface area contributed by atoms with Crippen molar-refractivity contribution in [1.82, 2.24) is 4.98 Å². The molecule has 0 aliphatic carbocycles. The molecule has 1 aromatic heterocycles.